The van der Waals surface area contributed by atoms with Crippen LogP contribution in [0.1, 0.15) is 0 Å². The summed E-state index contributed by atoms with van der Waals surface area (Å²) in [6.45, 7) is -0.742. The third-order valence-corrected chi connectivity index (χ3v) is 4.13. The molecule has 3 N–H and O–H groups in total. The number of primary amides is 1. The third-order valence-electron chi connectivity index (χ3n) is 2.73. The molecule has 24 heavy (non-hydrogen) atoms. The lowest BCUT2D eigenvalue weighted by Crippen LogP contribution is -2.21. The predicted molar refractivity (Wildman–Crippen MR) is 78.3 cm³/mol. The van der Waals surface area contributed by atoms with Crippen molar-refractivity contribution < 1.29 is 31.1 Å². The van der Waals surface area contributed by atoms with Crippen molar-refractivity contribution in [3.8, 4) is 5.75 Å². The first-order valence-electron chi connectivity index (χ1n) is 6.37. The van der Waals surface area contributed by atoms with Gasteiger partial charge in [-0.05, 0) is 24.3 Å². The van der Waals surface area contributed by atoms with Crippen molar-refractivity contribution in [2.45, 2.75) is 4.90 Å². The highest BCUT2D eigenvalue weighted by molar-refractivity contribution is 7.92. The largest absolute Gasteiger partial charge is 0.478 e. The fourth-order valence-electron chi connectivity index (χ4n) is 1.73. The summed E-state index contributed by atoms with van der Waals surface area (Å²) in [5.74, 6) is -4.89. The van der Waals surface area contributed by atoms with E-state index in [2.05, 4.69) is 4.74 Å². The Morgan fingerprint density at radius 2 is 1.62 bits per heavy atom. The zero-order valence-electron chi connectivity index (χ0n) is 11.9. The van der Waals surface area contributed by atoms with Crippen LogP contribution in [0.2, 0.25) is 0 Å². The minimum absolute atomic E-state index is 0.293. The molecule has 128 valence electrons. The Morgan fingerprint density at radius 1 is 1.08 bits per heavy atom. The van der Waals surface area contributed by atoms with Gasteiger partial charge in [0.2, 0.25) is 0 Å². The third kappa shape index (κ3) is 4.16. The molecular weight excluding hydrogens is 349 g/mol. The average molecular weight is 360 g/mol. The summed E-state index contributed by atoms with van der Waals surface area (Å²) in [6, 6.07) is 5.18. The Morgan fingerprint density at radius 3 is 2.12 bits per heavy atom. The lowest BCUT2D eigenvalue weighted by atomic mass is 10.3. The van der Waals surface area contributed by atoms with Crippen LogP contribution in [0.25, 0.3) is 0 Å². The van der Waals surface area contributed by atoms with Gasteiger partial charge < -0.3 is 10.5 Å². The Bertz CT molecular complexity index is 847. The Hall–Kier alpha value is -2.75. The van der Waals surface area contributed by atoms with Crippen molar-refractivity contribution in [2.75, 3.05) is 11.3 Å². The van der Waals surface area contributed by atoms with E-state index in [4.69, 9.17) is 5.73 Å². The van der Waals surface area contributed by atoms with Gasteiger partial charge in [-0.1, -0.05) is 0 Å². The number of nitrogens with two attached hydrogens (primary N) is 1. The van der Waals surface area contributed by atoms with E-state index < -0.39 is 51.4 Å². The number of sulfonamides is 1. The number of anilines is 1. The Labute approximate surface area is 135 Å². The molecule has 0 saturated heterocycles. The number of hydrogen-bond acceptors (Lipinski definition) is 4. The number of carbonyl (C=O) groups excluding carboxylic acids is 1. The highest BCUT2D eigenvalue weighted by Gasteiger charge is 2.18. The van der Waals surface area contributed by atoms with Crippen LogP contribution in [-0.2, 0) is 14.8 Å². The molecule has 0 aliphatic carbocycles. The van der Waals surface area contributed by atoms with Crippen molar-refractivity contribution in [2.24, 2.45) is 5.73 Å². The van der Waals surface area contributed by atoms with Crippen LogP contribution in [0.5, 0.6) is 5.75 Å². The van der Waals surface area contributed by atoms with Gasteiger partial charge in [0.15, 0.2) is 24.0 Å². The van der Waals surface area contributed by atoms with Gasteiger partial charge in [0, 0.05) is 12.1 Å². The van der Waals surface area contributed by atoms with E-state index in [0.29, 0.717) is 12.1 Å². The molecule has 0 aliphatic heterocycles. The SMILES string of the molecule is NC(=O)COc1c(F)cc(NS(=O)(=O)c2ccc(F)cc2)cc1F. The van der Waals surface area contributed by atoms with Gasteiger partial charge in [0.1, 0.15) is 5.82 Å². The molecule has 0 spiro atoms. The molecule has 6 nitrogen and oxygen atoms in total. The van der Waals surface area contributed by atoms with Crippen molar-refractivity contribution in [1.82, 2.24) is 0 Å². The van der Waals surface area contributed by atoms with Gasteiger partial charge in [-0.3, -0.25) is 9.52 Å². The van der Waals surface area contributed by atoms with Crippen LogP contribution < -0.4 is 15.2 Å². The highest BCUT2D eigenvalue weighted by atomic mass is 32.2. The predicted octanol–water partition coefficient (Wildman–Crippen LogP) is 1.77. The summed E-state index contributed by atoms with van der Waals surface area (Å²) < 4.78 is 71.0. The van der Waals surface area contributed by atoms with Crippen LogP contribution in [-0.4, -0.2) is 20.9 Å². The van der Waals surface area contributed by atoms with Crippen molar-refractivity contribution in [1.29, 1.82) is 0 Å². The fraction of sp³-hybridized carbons (Fsp3) is 0.0714. The van der Waals surface area contributed by atoms with Crippen molar-refractivity contribution >= 4 is 21.6 Å². The van der Waals surface area contributed by atoms with Crippen LogP contribution in [0.3, 0.4) is 0 Å². The molecule has 0 atom stereocenters. The minimum atomic E-state index is -4.17. The normalized spacial score (nSPS) is 11.1. The van der Waals surface area contributed by atoms with Crippen LogP contribution in [0.15, 0.2) is 41.3 Å². The number of hydrogen-bond donors (Lipinski definition) is 2. The maximum atomic E-state index is 13.8. The molecule has 0 radical (unpaired) electrons. The maximum absolute atomic E-state index is 13.8. The first-order valence-corrected chi connectivity index (χ1v) is 7.86. The van der Waals surface area contributed by atoms with Crippen LogP contribution in [0.4, 0.5) is 18.9 Å². The molecule has 10 heteroatoms. The monoisotopic (exact) mass is 360 g/mol. The van der Waals surface area contributed by atoms with E-state index in [1.165, 1.54) is 0 Å². The number of benzene rings is 2. The molecule has 0 bridgehead atoms. The van der Waals surface area contributed by atoms with Gasteiger partial charge in [0.05, 0.1) is 10.6 Å². The topological polar surface area (TPSA) is 98.5 Å². The van der Waals surface area contributed by atoms with Gasteiger partial charge in [-0.15, -0.1) is 0 Å². The molecular formula is C14H11F3N2O4S. The molecule has 0 fully saturated rings. The first kappa shape index (κ1) is 17.6. The smallest absolute Gasteiger partial charge is 0.261 e. The molecule has 0 saturated carbocycles. The Balaban J connectivity index is 2.27. The van der Waals surface area contributed by atoms with Gasteiger partial charge >= 0.3 is 0 Å². The molecule has 1 amide bonds. The second-order valence-electron chi connectivity index (χ2n) is 4.58. The number of ether oxygens (including phenoxy) is 1. The highest BCUT2D eigenvalue weighted by Crippen LogP contribution is 2.27. The maximum Gasteiger partial charge on any atom is 0.261 e. The zero-order chi connectivity index (χ0) is 17.9. The second kappa shape index (κ2) is 6.79. The summed E-state index contributed by atoms with van der Waals surface area (Å²) >= 11 is 0. The van der Waals surface area contributed by atoms with Crippen molar-refractivity contribution in [3.05, 3.63) is 53.8 Å². The quantitative estimate of drug-likeness (QED) is 0.820. The second-order valence-corrected chi connectivity index (χ2v) is 6.27. The number of amides is 1. The summed E-state index contributed by atoms with van der Waals surface area (Å²) in [4.78, 5) is 10.3. The molecule has 2 rings (SSSR count). The van der Waals surface area contributed by atoms with Crippen molar-refractivity contribution in [3.63, 3.8) is 0 Å². The molecule has 2 aromatic rings. The lowest BCUT2D eigenvalue weighted by molar-refractivity contribution is -0.120. The summed E-state index contributed by atoms with van der Waals surface area (Å²) in [5.41, 5.74) is 4.39. The minimum Gasteiger partial charge on any atom is -0.478 e. The Kier molecular flexibility index (Phi) is 4.98. The average Bonchev–Trinajstić information content (AvgIpc) is 2.46. The molecule has 0 heterocycles. The zero-order valence-corrected chi connectivity index (χ0v) is 12.7. The van der Waals surface area contributed by atoms with E-state index in [1.807, 2.05) is 4.72 Å². The van der Waals surface area contributed by atoms with E-state index >= 15 is 0 Å². The first-order chi connectivity index (χ1) is 11.2. The fourth-order valence-corrected chi connectivity index (χ4v) is 2.77. The van der Waals surface area contributed by atoms with E-state index in [0.717, 1.165) is 24.3 Å². The molecule has 0 aliphatic rings. The van der Waals surface area contributed by atoms with E-state index in [1.54, 1.807) is 0 Å². The number of carbonyl (C=O) groups is 1. The summed E-state index contributed by atoms with van der Waals surface area (Å²) in [7, 11) is -4.17. The van der Waals surface area contributed by atoms with Gasteiger partial charge in [0.25, 0.3) is 15.9 Å². The van der Waals surface area contributed by atoms with Crippen LogP contribution in [0, 0.1) is 17.5 Å². The molecule has 0 unspecified atom stereocenters. The standard InChI is InChI=1S/C14H11F3N2O4S/c15-8-1-3-10(4-2-8)24(21,22)19-9-5-11(16)14(12(17)6-9)23-7-13(18)20/h1-6,19H,7H2,(H2,18,20). The van der Waals surface area contributed by atoms with Crippen LogP contribution >= 0.6 is 0 Å². The lowest BCUT2D eigenvalue weighted by Gasteiger charge is -2.11. The number of nitrogens with one attached hydrogen (secondary N) is 1. The van der Waals surface area contributed by atoms with E-state index in [-0.39, 0.29) is 4.90 Å². The van der Waals surface area contributed by atoms with Gasteiger partial charge in [-0.2, -0.15) is 0 Å². The van der Waals surface area contributed by atoms with E-state index in [9.17, 15) is 26.4 Å². The summed E-state index contributed by atoms with van der Waals surface area (Å²) in [5, 5.41) is 0. The molecule has 0 aromatic heterocycles. The van der Waals surface area contributed by atoms with Gasteiger partial charge in [-0.25, -0.2) is 21.6 Å². The molecule has 2 aromatic carbocycles. The summed E-state index contributed by atoms with van der Waals surface area (Å²) in [6.07, 6.45) is 0. The number of rotatable bonds is 6. The number of halogens is 3.